The lowest BCUT2D eigenvalue weighted by atomic mass is 10.5. The van der Waals surface area contributed by atoms with Crippen molar-refractivity contribution in [3.63, 3.8) is 0 Å². The van der Waals surface area contributed by atoms with Gasteiger partial charge in [-0.05, 0) is 0 Å². The summed E-state index contributed by atoms with van der Waals surface area (Å²) in [7, 11) is 0. The Balaban J connectivity index is 2.43. The molecule has 2 aromatic heterocycles. The number of nitrogens with zero attached hydrogens (tertiary/aromatic N) is 4. The predicted octanol–water partition coefficient (Wildman–Crippen LogP) is 0.477. The van der Waals surface area contributed by atoms with E-state index in [4.69, 9.17) is 16.7 Å². The molecule has 2 aromatic rings. The van der Waals surface area contributed by atoms with E-state index in [2.05, 4.69) is 25.3 Å². The quantitative estimate of drug-likeness (QED) is 0.740. The molecule has 0 unspecified atom stereocenters. The highest BCUT2D eigenvalue weighted by atomic mass is 35.5. The molecule has 2 heterocycles. The summed E-state index contributed by atoms with van der Waals surface area (Å²) >= 11 is 5.89. The van der Waals surface area contributed by atoms with Crippen molar-refractivity contribution in [1.29, 1.82) is 0 Å². The van der Waals surface area contributed by atoms with Gasteiger partial charge >= 0.3 is 0 Å². The molecule has 78 valence electrons. The van der Waals surface area contributed by atoms with Crippen molar-refractivity contribution < 1.29 is 5.11 Å². The zero-order valence-corrected chi connectivity index (χ0v) is 8.44. The molecule has 0 aromatic carbocycles. The van der Waals surface area contributed by atoms with E-state index >= 15 is 0 Å². The Morgan fingerprint density at radius 1 is 1.27 bits per heavy atom. The van der Waals surface area contributed by atoms with Crippen molar-refractivity contribution in [3.8, 4) is 0 Å². The van der Waals surface area contributed by atoms with Crippen LogP contribution in [-0.2, 0) is 0 Å². The summed E-state index contributed by atoms with van der Waals surface area (Å²) in [6.45, 7) is 0.363. The second-order valence-corrected chi connectivity index (χ2v) is 3.07. The van der Waals surface area contributed by atoms with Crippen molar-refractivity contribution in [2.45, 2.75) is 0 Å². The lowest BCUT2D eigenvalue weighted by molar-refractivity contribution is 0.311. The molecule has 0 bridgehead atoms. The highest BCUT2D eigenvalue weighted by Gasteiger charge is 2.06. The molecule has 0 radical (unpaired) electrons. The number of fused-ring (bicyclic) bond motifs is 1. The summed E-state index contributed by atoms with van der Waals surface area (Å²) in [6, 6.07) is 0. The average Bonchev–Trinajstić information content (AvgIpc) is 2.26. The number of aliphatic hydroxyl groups is 1. The maximum atomic E-state index is 8.63. The first-order valence-electron chi connectivity index (χ1n) is 4.30. The van der Waals surface area contributed by atoms with Crippen molar-refractivity contribution in [2.24, 2.45) is 0 Å². The standard InChI is InChI=1S/C8H8ClN5O/c9-6-5-7(11-2-1-10-5)14-8(13-6)12-3-4-15/h1-2,15H,3-4H2,(H,11,12,13,14). The third kappa shape index (κ3) is 2.11. The molecule has 7 heteroatoms. The first kappa shape index (κ1) is 10.0. The number of halogens is 1. The topological polar surface area (TPSA) is 83.8 Å². The van der Waals surface area contributed by atoms with Gasteiger partial charge in [0.2, 0.25) is 5.95 Å². The lowest BCUT2D eigenvalue weighted by Gasteiger charge is -2.03. The molecule has 0 spiro atoms. The zero-order valence-electron chi connectivity index (χ0n) is 7.68. The smallest absolute Gasteiger partial charge is 0.226 e. The van der Waals surface area contributed by atoms with Gasteiger partial charge in [0, 0.05) is 18.9 Å². The normalized spacial score (nSPS) is 10.5. The number of nitrogens with one attached hydrogen (secondary N) is 1. The van der Waals surface area contributed by atoms with Gasteiger partial charge in [-0.15, -0.1) is 0 Å². The van der Waals surface area contributed by atoms with Crippen LogP contribution >= 0.6 is 11.6 Å². The molecular weight excluding hydrogens is 218 g/mol. The number of hydrogen-bond donors (Lipinski definition) is 2. The monoisotopic (exact) mass is 225 g/mol. The van der Waals surface area contributed by atoms with Crippen molar-refractivity contribution in [3.05, 3.63) is 17.5 Å². The van der Waals surface area contributed by atoms with Gasteiger partial charge < -0.3 is 10.4 Å². The van der Waals surface area contributed by atoms with E-state index < -0.39 is 0 Å². The van der Waals surface area contributed by atoms with Crippen LogP contribution in [0.15, 0.2) is 12.4 Å². The molecule has 2 rings (SSSR count). The molecule has 0 atom stereocenters. The van der Waals surface area contributed by atoms with Crippen LogP contribution in [-0.4, -0.2) is 38.2 Å². The minimum atomic E-state index is -0.000511. The number of anilines is 1. The van der Waals surface area contributed by atoms with Gasteiger partial charge in [-0.3, -0.25) is 0 Å². The van der Waals surface area contributed by atoms with Crippen LogP contribution in [0.4, 0.5) is 5.95 Å². The highest BCUT2D eigenvalue weighted by molar-refractivity contribution is 6.33. The number of rotatable bonds is 3. The highest BCUT2D eigenvalue weighted by Crippen LogP contribution is 2.17. The third-order valence-corrected chi connectivity index (χ3v) is 1.95. The number of aliphatic hydroxyl groups excluding tert-OH is 1. The first-order chi connectivity index (χ1) is 7.31. The van der Waals surface area contributed by atoms with Crippen LogP contribution in [0.2, 0.25) is 5.15 Å². The summed E-state index contributed by atoms with van der Waals surface area (Å²) in [5.74, 6) is 0.335. The fourth-order valence-corrected chi connectivity index (χ4v) is 1.29. The maximum absolute atomic E-state index is 8.63. The van der Waals surface area contributed by atoms with E-state index in [1.807, 2.05) is 0 Å². The molecule has 0 aliphatic carbocycles. The van der Waals surface area contributed by atoms with E-state index in [-0.39, 0.29) is 11.8 Å². The lowest BCUT2D eigenvalue weighted by Crippen LogP contribution is -2.09. The Kier molecular flexibility index (Phi) is 2.89. The molecular formula is C8H8ClN5O. The second-order valence-electron chi connectivity index (χ2n) is 2.72. The van der Waals surface area contributed by atoms with Crippen LogP contribution in [0.1, 0.15) is 0 Å². The van der Waals surface area contributed by atoms with Gasteiger partial charge in [-0.25, -0.2) is 9.97 Å². The van der Waals surface area contributed by atoms with Crippen LogP contribution in [0.3, 0.4) is 0 Å². The summed E-state index contributed by atoms with van der Waals surface area (Å²) in [5, 5.41) is 11.7. The summed E-state index contributed by atoms with van der Waals surface area (Å²) in [4.78, 5) is 16.1. The fourth-order valence-electron chi connectivity index (χ4n) is 1.08. The largest absolute Gasteiger partial charge is 0.395 e. The third-order valence-electron chi connectivity index (χ3n) is 1.69. The van der Waals surface area contributed by atoms with Crippen molar-refractivity contribution >= 4 is 28.7 Å². The molecule has 0 saturated heterocycles. The predicted molar refractivity (Wildman–Crippen MR) is 55.7 cm³/mol. The minimum Gasteiger partial charge on any atom is -0.395 e. The van der Waals surface area contributed by atoms with Crippen LogP contribution < -0.4 is 5.32 Å². The van der Waals surface area contributed by atoms with Crippen molar-refractivity contribution in [1.82, 2.24) is 19.9 Å². The van der Waals surface area contributed by atoms with E-state index in [9.17, 15) is 0 Å². The molecule has 0 aliphatic rings. The SMILES string of the molecule is OCCNc1nc(Cl)c2nccnc2n1. The summed E-state index contributed by atoms with van der Waals surface area (Å²) in [5.41, 5.74) is 0.895. The van der Waals surface area contributed by atoms with Gasteiger partial charge in [-0.2, -0.15) is 9.97 Å². The van der Waals surface area contributed by atoms with Gasteiger partial charge in [0.25, 0.3) is 0 Å². The van der Waals surface area contributed by atoms with Gasteiger partial charge in [0.1, 0.15) is 5.52 Å². The molecule has 0 fully saturated rings. The Hall–Kier alpha value is -1.53. The number of hydrogen-bond acceptors (Lipinski definition) is 6. The number of aromatic nitrogens is 4. The van der Waals surface area contributed by atoms with Crippen LogP contribution in [0.5, 0.6) is 0 Å². The second kappa shape index (κ2) is 4.33. The first-order valence-corrected chi connectivity index (χ1v) is 4.68. The Morgan fingerprint density at radius 3 is 2.87 bits per heavy atom. The summed E-state index contributed by atoms with van der Waals surface area (Å²) in [6.07, 6.45) is 3.06. The van der Waals surface area contributed by atoms with E-state index in [1.165, 1.54) is 12.4 Å². The average molecular weight is 226 g/mol. The molecule has 6 nitrogen and oxygen atoms in total. The molecule has 0 amide bonds. The molecule has 2 N–H and O–H groups in total. The van der Waals surface area contributed by atoms with E-state index in [0.717, 1.165) is 0 Å². The van der Waals surface area contributed by atoms with E-state index in [0.29, 0.717) is 23.7 Å². The summed E-state index contributed by atoms with van der Waals surface area (Å²) < 4.78 is 0. The fraction of sp³-hybridized carbons (Fsp3) is 0.250. The Morgan fingerprint density at radius 2 is 2.07 bits per heavy atom. The maximum Gasteiger partial charge on any atom is 0.226 e. The van der Waals surface area contributed by atoms with Crippen LogP contribution in [0, 0.1) is 0 Å². The van der Waals surface area contributed by atoms with Gasteiger partial charge in [0.05, 0.1) is 6.61 Å². The minimum absolute atomic E-state index is 0.000511. The van der Waals surface area contributed by atoms with Crippen molar-refractivity contribution in [2.75, 3.05) is 18.5 Å². The van der Waals surface area contributed by atoms with E-state index in [1.54, 1.807) is 0 Å². The molecule has 15 heavy (non-hydrogen) atoms. The van der Waals surface area contributed by atoms with Crippen LogP contribution in [0.25, 0.3) is 11.2 Å². The molecule has 0 aliphatic heterocycles. The van der Waals surface area contributed by atoms with Gasteiger partial charge in [-0.1, -0.05) is 11.6 Å². The Bertz CT molecular complexity index is 478. The molecule has 0 saturated carbocycles. The Labute approximate surface area is 90.4 Å². The van der Waals surface area contributed by atoms with Gasteiger partial charge in [0.15, 0.2) is 10.8 Å². The zero-order chi connectivity index (χ0) is 10.7.